The van der Waals surface area contributed by atoms with Gasteiger partial charge in [-0.05, 0) is 53.7 Å². The van der Waals surface area contributed by atoms with E-state index in [0.29, 0.717) is 11.8 Å². The number of ether oxygens (including phenoxy) is 2. The number of phenolic OH excluding ortho intramolecular Hbond substituents is 7. The van der Waals surface area contributed by atoms with Crippen molar-refractivity contribution < 1.29 is 74.9 Å². The first-order valence-corrected chi connectivity index (χ1v) is 18.5. The lowest BCUT2D eigenvalue weighted by Crippen LogP contribution is -2.64. The third-order valence-electron chi connectivity index (χ3n) is 9.18. The number of hydrogen-bond acceptors (Lipinski definition) is 16. The number of carbonyl (C=O) groups is 3. The Labute approximate surface area is 364 Å². The molecule has 4 aromatic rings. The van der Waals surface area contributed by atoms with Gasteiger partial charge in [-0.1, -0.05) is 24.0 Å². The summed E-state index contributed by atoms with van der Waals surface area (Å²) in [5, 5.41) is 105. The molecule has 1 saturated heterocycles. The van der Waals surface area contributed by atoms with Gasteiger partial charge in [0.05, 0.1) is 28.5 Å². The molecule has 306 valence electrons. The Morgan fingerprint density at radius 3 is 2.06 bits per heavy atom. The molecule has 13 N–H and O–H groups in total. The van der Waals surface area contributed by atoms with E-state index in [0.717, 1.165) is 23.1 Å². The maximum atomic E-state index is 14.2. The Balaban J connectivity index is 1.52. The molecule has 18 nitrogen and oxygen atoms in total. The predicted molar refractivity (Wildman–Crippen MR) is 226 cm³/mol. The van der Waals surface area contributed by atoms with Crippen LogP contribution in [0, 0.1) is 11.8 Å². The second kappa shape index (κ2) is 17.2. The highest BCUT2D eigenvalue weighted by atomic mass is 32.2. The fraction of sp³-hybridized carbons (Fsp3) is 0.216. The lowest BCUT2D eigenvalue weighted by atomic mass is 9.60. The first-order chi connectivity index (χ1) is 28.7. The second-order valence-electron chi connectivity index (χ2n) is 13.5. The van der Waals surface area contributed by atoms with Gasteiger partial charge in [0, 0.05) is 17.7 Å². The van der Waals surface area contributed by atoms with E-state index in [4.69, 9.17) is 62.3 Å². The third kappa shape index (κ3) is 8.85. The van der Waals surface area contributed by atoms with Crippen LogP contribution in [-0.4, -0.2) is 139 Å². The van der Waals surface area contributed by atoms with Crippen molar-refractivity contribution in [2.75, 3.05) is 11.5 Å². The number of carbonyl (C=O) groups excluding carboxylic acids is 3. The molecular formula is C37H29B6N3O15S. The summed E-state index contributed by atoms with van der Waals surface area (Å²) in [6.07, 6.45) is -0.855. The molecule has 12 radical (unpaired) electrons. The third-order valence-corrected chi connectivity index (χ3v) is 10.6. The highest BCUT2D eigenvalue weighted by Crippen LogP contribution is 2.53. The Kier molecular flexibility index (Phi) is 13.0. The standard InChI is InChI=1S/C37H29B6N3O15S/c1-2-60-19-11-14(6-9-18(19)61-37(42,43)59)35(40,57)36(41,58)45-21(47)12-20-33(56)46(15-5-3-4-13(10-15)32(44)55)34(62-20)22-28(51)23(38)16(26(49)29(22)52)7-8-17-25(48)24(39)30(53)31(54)27(17)50/h3-6,9-11,20,34,48-54,57-59H,2,12H2,1H3,(H2,44,55)(H,45,47)/t20-,34+,35?,36?/m1/s1. The molecule has 62 heavy (non-hydrogen) atoms. The van der Waals surface area contributed by atoms with Crippen molar-refractivity contribution in [1.82, 2.24) is 5.32 Å². The molecule has 0 aromatic heterocycles. The minimum Gasteiger partial charge on any atom is -0.508 e. The topological polar surface area (TPSA) is 313 Å². The monoisotopic (exact) mass is 853 g/mol. The van der Waals surface area contributed by atoms with Gasteiger partial charge in [-0.2, -0.15) is 0 Å². The molecular weight excluding hydrogens is 823 g/mol. The molecule has 1 fully saturated rings. The van der Waals surface area contributed by atoms with Crippen LogP contribution in [0.2, 0.25) is 0 Å². The molecule has 1 aliphatic rings. The van der Waals surface area contributed by atoms with Crippen molar-refractivity contribution in [3.05, 3.63) is 70.3 Å². The fourth-order valence-electron chi connectivity index (χ4n) is 6.04. The normalized spacial score (nSPS) is 17.0. The van der Waals surface area contributed by atoms with Gasteiger partial charge < -0.3 is 71.6 Å². The summed E-state index contributed by atoms with van der Waals surface area (Å²) < 4.78 is 10.4. The van der Waals surface area contributed by atoms with Gasteiger partial charge in [-0.25, -0.2) is 0 Å². The molecule has 0 bridgehead atoms. The minimum absolute atomic E-state index is 0.0117. The van der Waals surface area contributed by atoms with E-state index in [1.807, 2.05) is 5.32 Å². The number of nitrogens with one attached hydrogen (secondary N) is 1. The van der Waals surface area contributed by atoms with E-state index < -0.39 is 119 Å². The smallest absolute Gasteiger partial charge is 0.248 e. The largest absolute Gasteiger partial charge is 0.508 e. The molecule has 3 amide bonds. The second-order valence-corrected chi connectivity index (χ2v) is 14.8. The van der Waals surface area contributed by atoms with Crippen LogP contribution in [0.15, 0.2) is 42.5 Å². The van der Waals surface area contributed by atoms with Crippen LogP contribution >= 0.6 is 11.8 Å². The van der Waals surface area contributed by atoms with Crippen molar-refractivity contribution in [3.63, 3.8) is 0 Å². The van der Waals surface area contributed by atoms with Crippen LogP contribution in [0.4, 0.5) is 5.69 Å². The van der Waals surface area contributed by atoms with E-state index in [2.05, 4.69) is 11.8 Å². The van der Waals surface area contributed by atoms with Crippen molar-refractivity contribution in [3.8, 4) is 63.6 Å². The van der Waals surface area contributed by atoms with Crippen molar-refractivity contribution in [1.29, 1.82) is 0 Å². The minimum atomic E-state index is -3.20. The first-order valence-electron chi connectivity index (χ1n) is 17.6. The van der Waals surface area contributed by atoms with Crippen molar-refractivity contribution in [2.45, 2.75) is 40.7 Å². The Morgan fingerprint density at radius 2 is 1.45 bits per heavy atom. The average molecular weight is 853 g/mol. The highest BCUT2D eigenvalue weighted by molar-refractivity contribution is 8.01. The van der Waals surface area contributed by atoms with Crippen LogP contribution in [-0.2, 0) is 15.1 Å². The number of aromatic hydroxyl groups is 7. The van der Waals surface area contributed by atoms with Crippen LogP contribution in [0.3, 0.4) is 0 Å². The number of nitrogens with two attached hydrogens (primary N) is 1. The van der Waals surface area contributed by atoms with Gasteiger partial charge in [0.2, 0.25) is 23.5 Å². The zero-order chi connectivity index (χ0) is 46.4. The number of nitrogens with zero attached hydrogens (tertiary/aromatic N) is 1. The van der Waals surface area contributed by atoms with Crippen LogP contribution in [0.1, 0.15) is 51.3 Å². The van der Waals surface area contributed by atoms with Gasteiger partial charge in [0.1, 0.15) is 65.0 Å². The number of primary amides is 1. The Hall–Kier alpha value is -6.33. The van der Waals surface area contributed by atoms with Gasteiger partial charge in [0.15, 0.2) is 50.2 Å². The van der Waals surface area contributed by atoms with Crippen molar-refractivity contribution >= 4 is 93.2 Å². The Bertz CT molecular complexity index is 2510. The maximum absolute atomic E-state index is 14.2. The molecule has 0 spiro atoms. The number of hydrogen-bond donors (Lipinski definition) is 12. The summed E-state index contributed by atoms with van der Waals surface area (Å²) in [5.74, 6) is -6.62. The van der Waals surface area contributed by atoms with Crippen LogP contribution in [0.25, 0.3) is 0 Å². The van der Waals surface area contributed by atoms with E-state index in [1.54, 1.807) is 6.92 Å². The lowest BCUT2D eigenvalue weighted by Gasteiger charge is -2.41. The SMILES string of the molecule is [B]c1c(O)c(O)c(O)c(C#Cc2c([B])c(O)c([C@@H]3S[C@H](CC(=O)NC([B])(O)C([B])(O)c4ccc(OC([B])([B])O)c(OCC)c4)C(=O)N3c3cccc(C(N)=O)c3)c(O)c2O)c1O. The average Bonchev–Trinajstić information content (AvgIpc) is 3.50. The van der Waals surface area contributed by atoms with Gasteiger partial charge in [0.25, 0.3) is 0 Å². The molecule has 1 heterocycles. The molecule has 1 aliphatic heterocycles. The summed E-state index contributed by atoms with van der Waals surface area (Å²) >= 11 is 0.589. The number of amides is 3. The number of rotatable bonds is 12. The molecule has 5 rings (SSSR count). The van der Waals surface area contributed by atoms with E-state index in [-0.39, 0.29) is 34.9 Å². The number of benzene rings is 4. The van der Waals surface area contributed by atoms with Crippen molar-refractivity contribution in [2.24, 2.45) is 5.73 Å². The molecule has 0 aliphatic carbocycles. The lowest BCUT2D eigenvalue weighted by molar-refractivity contribution is -0.134. The number of phenols is 7. The molecule has 0 saturated carbocycles. The van der Waals surface area contributed by atoms with E-state index in [1.165, 1.54) is 24.3 Å². The summed E-state index contributed by atoms with van der Waals surface area (Å²) in [5.41, 5.74) is -7.56. The maximum Gasteiger partial charge on any atom is 0.248 e. The number of anilines is 1. The predicted octanol–water partition coefficient (Wildman–Crippen LogP) is -3.09. The van der Waals surface area contributed by atoms with Gasteiger partial charge in [-0.15, -0.1) is 11.8 Å². The number of thioether (sulfide) groups is 1. The van der Waals surface area contributed by atoms with Crippen LogP contribution < -0.4 is 36.3 Å². The van der Waals surface area contributed by atoms with Crippen LogP contribution in [0.5, 0.6) is 51.7 Å². The van der Waals surface area contributed by atoms with E-state index >= 15 is 0 Å². The molecule has 4 aromatic carbocycles. The highest BCUT2D eigenvalue weighted by Gasteiger charge is 2.48. The summed E-state index contributed by atoms with van der Waals surface area (Å²) in [4.78, 5) is 40.7. The first kappa shape index (κ1) is 46.7. The molecule has 2 unspecified atom stereocenters. The fourth-order valence-corrected chi connectivity index (χ4v) is 7.54. The Morgan fingerprint density at radius 1 is 0.823 bits per heavy atom. The summed E-state index contributed by atoms with van der Waals surface area (Å²) in [6.45, 7) is 1.58. The molecule has 25 heteroatoms. The number of aliphatic hydroxyl groups is 3. The zero-order valence-corrected chi connectivity index (χ0v) is 32.8. The quantitative estimate of drug-likeness (QED) is 0.0221. The summed E-state index contributed by atoms with van der Waals surface area (Å²) in [6, 6.07) is 8.35. The molecule has 4 atom stereocenters. The zero-order valence-electron chi connectivity index (χ0n) is 32.0. The van der Waals surface area contributed by atoms with Gasteiger partial charge >= 0.3 is 0 Å². The van der Waals surface area contributed by atoms with E-state index in [9.17, 15) is 65.4 Å². The van der Waals surface area contributed by atoms with Gasteiger partial charge in [-0.3, -0.25) is 19.3 Å². The summed E-state index contributed by atoms with van der Waals surface area (Å²) in [7, 11) is 34.2.